The van der Waals surface area contributed by atoms with Gasteiger partial charge in [0, 0.05) is 12.0 Å². The minimum absolute atomic E-state index is 0.315. The van der Waals surface area contributed by atoms with E-state index in [-0.39, 0.29) is 0 Å². The highest BCUT2D eigenvalue weighted by atomic mass is 35.5. The summed E-state index contributed by atoms with van der Waals surface area (Å²) in [7, 11) is 0. The van der Waals surface area contributed by atoms with E-state index < -0.39 is 0 Å². The van der Waals surface area contributed by atoms with Crippen LogP contribution in [0.3, 0.4) is 0 Å². The van der Waals surface area contributed by atoms with Gasteiger partial charge >= 0.3 is 0 Å². The third-order valence-corrected chi connectivity index (χ3v) is 3.80. The number of hydrogen-bond donors (Lipinski definition) is 1. The molecule has 1 atom stereocenters. The number of anilines is 1. The highest BCUT2D eigenvalue weighted by molar-refractivity contribution is 6.30. The van der Waals surface area contributed by atoms with E-state index in [4.69, 9.17) is 16.0 Å². The highest BCUT2D eigenvalue weighted by Gasteiger charge is 2.22. The SMILES string of the molecule is Cc1cc(NC2CCCc3occc32)cnc1Cl. The predicted octanol–water partition coefficient (Wildman–Crippen LogP) is 4.13. The molecular formula is C14H15ClN2O. The van der Waals surface area contributed by atoms with Gasteiger partial charge in [0.05, 0.1) is 24.2 Å². The maximum atomic E-state index is 5.93. The van der Waals surface area contributed by atoms with Crippen LogP contribution in [-0.4, -0.2) is 4.98 Å². The van der Waals surface area contributed by atoms with Gasteiger partial charge in [-0.3, -0.25) is 0 Å². The molecule has 0 saturated carbocycles. The van der Waals surface area contributed by atoms with Gasteiger partial charge in [-0.05, 0) is 37.5 Å². The zero-order valence-corrected chi connectivity index (χ0v) is 11.0. The van der Waals surface area contributed by atoms with Crippen LogP contribution in [0, 0.1) is 6.92 Å². The number of aromatic nitrogens is 1. The van der Waals surface area contributed by atoms with Crippen molar-refractivity contribution in [2.24, 2.45) is 0 Å². The first-order valence-electron chi connectivity index (χ1n) is 6.19. The Bertz CT molecular complexity index is 565. The highest BCUT2D eigenvalue weighted by Crippen LogP contribution is 2.33. The molecule has 0 bridgehead atoms. The Morgan fingerprint density at radius 3 is 3.22 bits per heavy atom. The molecule has 0 aliphatic heterocycles. The Morgan fingerprint density at radius 1 is 1.50 bits per heavy atom. The monoisotopic (exact) mass is 262 g/mol. The Kier molecular flexibility index (Phi) is 3.00. The Hall–Kier alpha value is -1.48. The van der Waals surface area contributed by atoms with Crippen LogP contribution in [-0.2, 0) is 6.42 Å². The molecule has 0 spiro atoms. The average Bonchev–Trinajstić information content (AvgIpc) is 2.83. The Labute approximate surface area is 111 Å². The predicted molar refractivity (Wildman–Crippen MR) is 72.0 cm³/mol. The summed E-state index contributed by atoms with van der Waals surface area (Å²) in [6, 6.07) is 4.40. The van der Waals surface area contributed by atoms with Crippen LogP contribution in [0.15, 0.2) is 29.0 Å². The van der Waals surface area contributed by atoms with Gasteiger partial charge in [-0.1, -0.05) is 11.6 Å². The molecule has 3 nitrogen and oxygen atoms in total. The third-order valence-electron chi connectivity index (χ3n) is 3.41. The van der Waals surface area contributed by atoms with E-state index in [1.54, 1.807) is 12.5 Å². The lowest BCUT2D eigenvalue weighted by atomic mass is 9.93. The average molecular weight is 263 g/mol. The van der Waals surface area contributed by atoms with Gasteiger partial charge in [0.15, 0.2) is 0 Å². The first kappa shape index (κ1) is 11.6. The summed E-state index contributed by atoms with van der Waals surface area (Å²) in [6.07, 6.45) is 6.87. The number of fused-ring (bicyclic) bond motifs is 1. The summed E-state index contributed by atoms with van der Waals surface area (Å²) in [4.78, 5) is 4.17. The second-order valence-corrected chi connectivity index (χ2v) is 5.08. The maximum absolute atomic E-state index is 5.93. The van der Waals surface area contributed by atoms with E-state index in [1.807, 2.05) is 13.0 Å². The number of aryl methyl sites for hydroxylation is 2. The number of pyridine rings is 1. The van der Waals surface area contributed by atoms with Crippen molar-refractivity contribution in [1.29, 1.82) is 0 Å². The standard InChI is InChI=1S/C14H15ClN2O/c1-9-7-10(8-16-14(9)15)17-12-3-2-4-13-11(12)5-6-18-13/h5-8,12,17H,2-4H2,1H3. The van der Waals surface area contributed by atoms with Gasteiger partial charge in [0.2, 0.25) is 0 Å². The second kappa shape index (κ2) is 4.65. The number of halogens is 1. The van der Waals surface area contributed by atoms with Crippen molar-refractivity contribution in [3.63, 3.8) is 0 Å². The van der Waals surface area contributed by atoms with E-state index in [0.29, 0.717) is 11.2 Å². The van der Waals surface area contributed by atoms with Crippen LogP contribution in [0.5, 0.6) is 0 Å². The summed E-state index contributed by atoms with van der Waals surface area (Å²) < 4.78 is 5.49. The van der Waals surface area contributed by atoms with Crippen LogP contribution < -0.4 is 5.32 Å². The lowest BCUT2D eigenvalue weighted by molar-refractivity contribution is 0.461. The smallest absolute Gasteiger partial charge is 0.132 e. The van der Waals surface area contributed by atoms with Crippen LogP contribution in [0.4, 0.5) is 5.69 Å². The topological polar surface area (TPSA) is 38.1 Å². The number of nitrogens with one attached hydrogen (secondary N) is 1. The van der Waals surface area contributed by atoms with E-state index in [1.165, 1.54) is 5.56 Å². The van der Waals surface area contributed by atoms with Gasteiger partial charge < -0.3 is 9.73 Å². The molecule has 2 aromatic heterocycles. The van der Waals surface area contributed by atoms with E-state index >= 15 is 0 Å². The molecule has 1 unspecified atom stereocenters. The third kappa shape index (κ3) is 2.10. The van der Waals surface area contributed by atoms with Gasteiger partial charge in [-0.25, -0.2) is 4.98 Å². The molecular weight excluding hydrogens is 248 g/mol. The fraction of sp³-hybridized carbons (Fsp3) is 0.357. The molecule has 1 aliphatic carbocycles. The van der Waals surface area contributed by atoms with Crippen molar-refractivity contribution in [3.05, 3.63) is 46.6 Å². The van der Waals surface area contributed by atoms with E-state index in [2.05, 4.69) is 16.4 Å². The molecule has 4 heteroatoms. The quantitative estimate of drug-likeness (QED) is 0.827. The molecule has 1 N–H and O–H groups in total. The van der Waals surface area contributed by atoms with Crippen LogP contribution in [0.25, 0.3) is 0 Å². The number of furan rings is 1. The summed E-state index contributed by atoms with van der Waals surface area (Å²) in [5.41, 5.74) is 3.27. The lowest BCUT2D eigenvalue weighted by Crippen LogP contribution is -2.16. The second-order valence-electron chi connectivity index (χ2n) is 4.72. The van der Waals surface area contributed by atoms with Gasteiger partial charge in [-0.2, -0.15) is 0 Å². The first-order chi connectivity index (χ1) is 8.74. The largest absolute Gasteiger partial charge is 0.469 e. The van der Waals surface area contributed by atoms with Crippen LogP contribution >= 0.6 is 11.6 Å². The molecule has 18 heavy (non-hydrogen) atoms. The van der Waals surface area contributed by atoms with Crippen molar-refractivity contribution < 1.29 is 4.42 Å². The molecule has 94 valence electrons. The minimum Gasteiger partial charge on any atom is -0.469 e. The fourth-order valence-corrected chi connectivity index (χ4v) is 2.58. The first-order valence-corrected chi connectivity index (χ1v) is 6.57. The van der Waals surface area contributed by atoms with Crippen molar-refractivity contribution >= 4 is 17.3 Å². The maximum Gasteiger partial charge on any atom is 0.132 e. The van der Waals surface area contributed by atoms with Crippen LogP contribution in [0.2, 0.25) is 5.15 Å². The number of nitrogens with zero attached hydrogens (tertiary/aromatic N) is 1. The zero-order chi connectivity index (χ0) is 12.5. The molecule has 3 rings (SSSR count). The van der Waals surface area contributed by atoms with Gasteiger partial charge in [-0.15, -0.1) is 0 Å². The zero-order valence-electron chi connectivity index (χ0n) is 10.2. The van der Waals surface area contributed by atoms with Crippen molar-refractivity contribution in [2.75, 3.05) is 5.32 Å². The summed E-state index contributed by atoms with van der Waals surface area (Å²) >= 11 is 5.93. The van der Waals surface area contributed by atoms with Crippen molar-refractivity contribution in [3.8, 4) is 0 Å². The molecule has 0 radical (unpaired) electrons. The Balaban J connectivity index is 1.84. The van der Waals surface area contributed by atoms with Crippen LogP contribution in [0.1, 0.15) is 35.8 Å². The summed E-state index contributed by atoms with van der Waals surface area (Å²) in [5, 5.41) is 4.07. The van der Waals surface area contributed by atoms with E-state index in [9.17, 15) is 0 Å². The number of hydrogen-bond acceptors (Lipinski definition) is 3. The molecule has 2 aromatic rings. The summed E-state index contributed by atoms with van der Waals surface area (Å²) in [6.45, 7) is 1.96. The molecule has 0 amide bonds. The fourth-order valence-electron chi connectivity index (χ4n) is 2.47. The Morgan fingerprint density at radius 2 is 2.39 bits per heavy atom. The lowest BCUT2D eigenvalue weighted by Gasteiger charge is -2.23. The van der Waals surface area contributed by atoms with Gasteiger partial charge in [0.25, 0.3) is 0 Å². The molecule has 0 saturated heterocycles. The molecule has 0 aromatic carbocycles. The molecule has 0 fully saturated rings. The number of rotatable bonds is 2. The van der Waals surface area contributed by atoms with E-state index in [0.717, 1.165) is 36.3 Å². The minimum atomic E-state index is 0.315. The van der Waals surface area contributed by atoms with Crippen molar-refractivity contribution in [1.82, 2.24) is 4.98 Å². The van der Waals surface area contributed by atoms with Gasteiger partial charge in [0.1, 0.15) is 10.9 Å². The molecule has 1 aliphatic rings. The normalized spacial score (nSPS) is 18.4. The molecule has 2 heterocycles. The summed E-state index contributed by atoms with van der Waals surface area (Å²) in [5.74, 6) is 1.11. The van der Waals surface area contributed by atoms with Crippen molar-refractivity contribution in [2.45, 2.75) is 32.2 Å².